The number of benzene rings is 2. The second-order valence-corrected chi connectivity index (χ2v) is 6.34. The van der Waals surface area contributed by atoms with Crippen molar-refractivity contribution in [2.45, 2.75) is 19.3 Å². The normalized spacial score (nSPS) is 16.3. The van der Waals surface area contributed by atoms with E-state index in [1.807, 2.05) is 22.8 Å². The molecule has 0 bridgehead atoms. The van der Waals surface area contributed by atoms with Crippen LogP contribution in [-0.2, 0) is 17.9 Å². The van der Waals surface area contributed by atoms with Crippen molar-refractivity contribution in [2.75, 3.05) is 0 Å². The van der Waals surface area contributed by atoms with Crippen molar-refractivity contribution >= 4 is 0 Å². The maximum absolute atomic E-state index is 13.4. The molecule has 2 aromatic carbocycles. The Morgan fingerprint density at radius 2 is 1.96 bits per heavy atom. The average Bonchev–Trinajstić information content (AvgIpc) is 3.35. The lowest BCUT2D eigenvalue weighted by atomic mass is 10.1. The Morgan fingerprint density at radius 1 is 1.07 bits per heavy atom. The van der Waals surface area contributed by atoms with E-state index in [-0.39, 0.29) is 11.9 Å². The first-order valence-electron chi connectivity index (χ1n) is 8.58. The van der Waals surface area contributed by atoms with Crippen LogP contribution in [0.3, 0.4) is 0 Å². The van der Waals surface area contributed by atoms with Crippen LogP contribution >= 0.6 is 0 Å². The Labute approximate surface area is 154 Å². The molecule has 5 rings (SSSR count). The van der Waals surface area contributed by atoms with Gasteiger partial charge in [-0.1, -0.05) is 47.6 Å². The van der Waals surface area contributed by atoms with Crippen LogP contribution in [0.15, 0.2) is 65.4 Å². The highest BCUT2D eigenvalue weighted by molar-refractivity contribution is 5.59. The largest absolute Gasteiger partial charge is 0.365 e. The van der Waals surface area contributed by atoms with Gasteiger partial charge in [-0.25, -0.2) is 9.37 Å². The third kappa shape index (κ3) is 2.92. The Morgan fingerprint density at radius 3 is 2.81 bits per heavy atom. The summed E-state index contributed by atoms with van der Waals surface area (Å²) in [6.45, 7) is 1.06. The molecule has 0 saturated carbocycles. The lowest BCUT2D eigenvalue weighted by Crippen LogP contribution is -2.20. The lowest BCUT2D eigenvalue weighted by Gasteiger charge is -2.25. The van der Waals surface area contributed by atoms with Crippen LogP contribution < -0.4 is 0 Å². The number of aromatic nitrogens is 4. The lowest BCUT2D eigenvalue weighted by molar-refractivity contribution is 0.00330. The van der Waals surface area contributed by atoms with Gasteiger partial charge in [0.05, 0.1) is 25.2 Å². The number of ether oxygens (including phenoxy) is 1. The standard InChI is InChI=1S/C20H15FN4O2/c21-15-8-4-7-14(9-15)19-23-20(27-24-19)18-16-11-26-17(10-25(16)12-22-18)13-5-2-1-3-6-13/h1-9,12,17H,10-11H2. The van der Waals surface area contributed by atoms with E-state index in [0.717, 1.165) is 11.3 Å². The maximum atomic E-state index is 13.4. The van der Waals surface area contributed by atoms with Crippen LogP contribution in [0.2, 0.25) is 0 Å². The Kier molecular flexibility index (Phi) is 3.79. The average molecular weight is 362 g/mol. The molecule has 0 radical (unpaired) electrons. The monoisotopic (exact) mass is 362 g/mol. The van der Waals surface area contributed by atoms with Gasteiger partial charge in [-0.3, -0.25) is 0 Å². The van der Waals surface area contributed by atoms with Gasteiger partial charge in [0.15, 0.2) is 5.69 Å². The van der Waals surface area contributed by atoms with E-state index in [2.05, 4.69) is 27.3 Å². The summed E-state index contributed by atoms with van der Waals surface area (Å²) < 4.78 is 26.8. The smallest absolute Gasteiger partial charge is 0.278 e. The zero-order chi connectivity index (χ0) is 18.2. The summed E-state index contributed by atoms with van der Waals surface area (Å²) in [6.07, 6.45) is 1.74. The van der Waals surface area contributed by atoms with E-state index in [9.17, 15) is 4.39 Å². The zero-order valence-electron chi connectivity index (χ0n) is 14.2. The Bertz CT molecular complexity index is 1090. The van der Waals surface area contributed by atoms with Crippen LogP contribution in [-0.4, -0.2) is 19.7 Å². The molecule has 1 atom stereocenters. The summed E-state index contributed by atoms with van der Waals surface area (Å²) in [5.41, 5.74) is 3.16. The highest BCUT2D eigenvalue weighted by Crippen LogP contribution is 2.31. The summed E-state index contributed by atoms with van der Waals surface area (Å²) in [5, 5.41) is 3.95. The van der Waals surface area contributed by atoms with Crippen molar-refractivity contribution < 1.29 is 13.7 Å². The van der Waals surface area contributed by atoms with Crippen molar-refractivity contribution in [1.29, 1.82) is 0 Å². The third-order valence-electron chi connectivity index (χ3n) is 4.61. The fraction of sp³-hybridized carbons (Fsp3) is 0.150. The van der Waals surface area contributed by atoms with Gasteiger partial charge < -0.3 is 13.8 Å². The van der Waals surface area contributed by atoms with Crippen molar-refractivity contribution in [3.8, 4) is 23.0 Å². The van der Waals surface area contributed by atoms with Crippen molar-refractivity contribution in [3.63, 3.8) is 0 Å². The van der Waals surface area contributed by atoms with E-state index >= 15 is 0 Å². The number of rotatable bonds is 3. The second-order valence-electron chi connectivity index (χ2n) is 6.34. The first kappa shape index (κ1) is 15.9. The molecule has 1 unspecified atom stereocenters. The van der Waals surface area contributed by atoms with Crippen LogP contribution in [0.4, 0.5) is 4.39 Å². The summed E-state index contributed by atoms with van der Waals surface area (Å²) in [4.78, 5) is 8.81. The second kappa shape index (κ2) is 6.44. The number of fused-ring (bicyclic) bond motifs is 1. The van der Waals surface area contributed by atoms with E-state index in [1.54, 1.807) is 18.5 Å². The summed E-state index contributed by atoms with van der Waals surface area (Å²) >= 11 is 0. The number of nitrogens with zero attached hydrogens (tertiary/aromatic N) is 4. The highest BCUT2D eigenvalue weighted by atomic mass is 19.1. The zero-order valence-corrected chi connectivity index (χ0v) is 14.2. The highest BCUT2D eigenvalue weighted by Gasteiger charge is 2.26. The van der Waals surface area contributed by atoms with Gasteiger partial charge in [-0.15, -0.1) is 0 Å². The Balaban J connectivity index is 1.43. The first-order valence-corrected chi connectivity index (χ1v) is 8.58. The van der Waals surface area contributed by atoms with Crippen LogP contribution in [0.5, 0.6) is 0 Å². The minimum Gasteiger partial charge on any atom is -0.365 e. The van der Waals surface area contributed by atoms with Gasteiger partial charge in [0.1, 0.15) is 11.9 Å². The van der Waals surface area contributed by atoms with Gasteiger partial charge in [0.2, 0.25) is 5.82 Å². The van der Waals surface area contributed by atoms with Crippen LogP contribution in [0, 0.1) is 5.82 Å². The number of hydrogen-bond acceptors (Lipinski definition) is 5. The Hall–Kier alpha value is -3.32. The van der Waals surface area contributed by atoms with Crippen LogP contribution in [0.25, 0.3) is 23.0 Å². The molecule has 27 heavy (non-hydrogen) atoms. The molecule has 4 aromatic rings. The molecule has 0 saturated heterocycles. The first-order chi connectivity index (χ1) is 13.3. The molecule has 1 aliphatic rings. The molecular weight excluding hydrogens is 347 g/mol. The topological polar surface area (TPSA) is 66.0 Å². The van der Waals surface area contributed by atoms with Gasteiger partial charge in [0, 0.05) is 5.56 Å². The molecule has 6 nitrogen and oxygen atoms in total. The minimum atomic E-state index is -0.349. The quantitative estimate of drug-likeness (QED) is 0.551. The van der Waals surface area contributed by atoms with Gasteiger partial charge in [-0.05, 0) is 17.7 Å². The molecule has 134 valence electrons. The fourth-order valence-corrected chi connectivity index (χ4v) is 3.24. The number of imidazole rings is 1. The SMILES string of the molecule is Fc1cccc(-c2noc(-c3ncn4c3COC(c3ccccc3)C4)n2)c1. The number of halogens is 1. The van der Waals surface area contributed by atoms with E-state index in [1.165, 1.54) is 12.1 Å². The van der Waals surface area contributed by atoms with Gasteiger partial charge in [-0.2, -0.15) is 4.98 Å². The molecule has 0 spiro atoms. The van der Waals surface area contributed by atoms with E-state index in [0.29, 0.717) is 36.1 Å². The molecule has 3 heterocycles. The molecule has 1 aliphatic heterocycles. The third-order valence-corrected chi connectivity index (χ3v) is 4.61. The van der Waals surface area contributed by atoms with Gasteiger partial charge >= 0.3 is 0 Å². The molecule has 2 aromatic heterocycles. The fourth-order valence-electron chi connectivity index (χ4n) is 3.24. The summed E-state index contributed by atoms with van der Waals surface area (Å²) in [5.74, 6) is 0.272. The van der Waals surface area contributed by atoms with Crippen molar-refractivity contribution in [1.82, 2.24) is 19.7 Å². The predicted octanol–water partition coefficient (Wildman–Crippen LogP) is 4.01. The summed E-state index contributed by atoms with van der Waals surface area (Å²) in [6, 6.07) is 16.2. The van der Waals surface area contributed by atoms with E-state index in [4.69, 9.17) is 9.26 Å². The van der Waals surface area contributed by atoms with Crippen molar-refractivity contribution in [2.24, 2.45) is 0 Å². The molecule has 7 heteroatoms. The maximum Gasteiger partial charge on any atom is 0.278 e. The summed E-state index contributed by atoms with van der Waals surface area (Å²) in [7, 11) is 0. The molecule has 0 N–H and O–H groups in total. The molecular formula is C20H15FN4O2. The van der Waals surface area contributed by atoms with Gasteiger partial charge in [0.25, 0.3) is 5.89 Å². The predicted molar refractivity (Wildman–Crippen MR) is 94.9 cm³/mol. The van der Waals surface area contributed by atoms with Crippen molar-refractivity contribution in [3.05, 3.63) is 78.0 Å². The molecule has 0 amide bonds. The van der Waals surface area contributed by atoms with Crippen LogP contribution in [0.1, 0.15) is 17.4 Å². The molecule has 0 aliphatic carbocycles. The minimum absolute atomic E-state index is 0.0220. The van der Waals surface area contributed by atoms with E-state index < -0.39 is 0 Å². The molecule has 0 fully saturated rings. The number of hydrogen-bond donors (Lipinski definition) is 0.